The van der Waals surface area contributed by atoms with Gasteiger partial charge in [0.05, 0.1) is 22.4 Å². The molecule has 0 radical (unpaired) electrons. The van der Waals surface area contributed by atoms with Crippen LogP contribution in [0.2, 0.25) is 0 Å². The van der Waals surface area contributed by atoms with E-state index in [0.717, 1.165) is 10.9 Å². The molecule has 19 heavy (non-hydrogen) atoms. The van der Waals surface area contributed by atoms with Gasteiger partial charge in [0.1, 0.15) is 5.25 Å². The Morgan fingerprint density at radius 3 is 2.79 bits per heavy atom. The quantitative estimate of drug-likeness (QED) is 0.838. The third kappa shape index (κ3) is 2.99. The van der Waals surface area contributed by atoms with E-state index in [-0.39, 0.29) is 4.99 Å². The first kappa shape index (κ1) is 13.7. The van der Waals surface area contributed by atoms with Crippen LogP contribution in [0.1, 0.15) is 6.92 Å². The van der Waals surface area contributed by atoms with Crippen LogP contribution in [-0.4, -0.2) is 23.6 Å². The van der Waals surface area contributed by atoms with Gasteiger partial charge < -0.3 is 5.73 Å². The van der Waals surface area contributed by atoms with Gasteiger partial charge >= 0.3 is 0 Å². The fourth-order valence-corrected chi connectivity index (χ4v) is 2.84. The summed E-state index contributed by atoms with van der Waals surface area (Å²) < 4.78 is 26.4. The summed E-state index contributed by atoms with van der Waals surface area (Å²) in [6.45, 7) is 1.44. The summed E-state index contributed by atoms with van der Waals surface area (Å²) in [5.41, 5.74) is 6.55. The van der Waals surface area contributed by atoms with Crippen molar-refractivity contribution < 1.29 is 8.42 Å². The Balaban J connectivity index is 2.34. The fraction of sp³-hybridized carbons (Fsp3) is 0.167. The number of sulfonamides is 1. The number of aromatic nitrogens is 1. The number of hydrogen-bond donors (Lipinski definition) is 2. The number of nitrogens with two attached hydrogens (primary N) is 1. The van der Waals surface area contributed by atoms with Gasteiger partial charge in [-0.1, -0.05) is 30.4 Å². The highest BCUT2D eigenvalue weighted by molar-refractivity contribution is 7.95. The molecule has 0 aliphatic rings. The Hall–Kier alpha value is -1.73. The molecule has 0 bridgehead atoms. The van der Waals surface area contributed by atoms with Crippen LogP contribution in [0.4, 0.5) is 5.69 Å². The smallest absolute Gasteiger partial charge is 0.241 e. The minimum Gasteiger partial charge on any atom is -0.392 e. The molecule has 1 aromatic carbocycles. The SMILES string of the molecule is CC(C(N)=S)S(=O)(=O)Nc1cnc2ccccc2c1. The molecular formula is C12H13N3O2S2. The van der Waals surface area contributed by atoms with Crippen LogP contribution in [0, 0.1) is 0 Å². The normalized spacial score (nSPS) is 13.1. The molecule has 3 N–H and O–H groups in total. The number of anilines is 1. The first-order valence-electron chi connectivity index (χ1n) is 5.56. The predicted octanol–water partition coefficient (Wildman–Crippen LogP) is 1.65. The Morgan fingerprint density at radius 2 is 2.11 bits per heavy atom. The fourth-order valence-electron chi connectivity index (χ4n) is 1.53. The van der Waals surface area contributed by atoms with Crippen LogP contribution >= 0.6 is 12.2 Å². The Morgan fingerprint density at radius 1 is 1.42 bits per heavy atom. The van der Waals surface area contributed by atoms with Crippen molar-refractivity contribution >= 4 is 43.8 Å². The van der Waals surface area contributed by atoms with E-state index in [1.807, 2.05) is 24.3 Å². The summed E-state index contributed by atoms with van der Waals surface area (Å²) in [5, 5.41) is -0.0837. The van der Waals surface area contributed by atoms with Gasteiger partial charge in [-0.15, -0.1) is 0 Å². The number of fused-ring (bicyclic) bond motifs is 1. The number of nitrogens with one attached hydrogen (secondary N) is 1. The van der Waals surface area contributed by atoms with Gasteiger partial charge in [-0.2, -0.15) is 0 Å². The van der Waals surface area contributed by atoms with Crippen LogP contribution in [0.5, 0.6) is 0 Å². The van der Waals surface area contributed by atoms with Crippen molar-refractivity contribution in [1.29, 1.82) is 0 Å². The summed E-state index contributed by atoms with van der Waals surface area (Å²) in [4.78, 5) is 4.11. The van der Waals surface area contributed by atoms with E-state index in [0.29, 0.717) is 5.69 Å². The minimum atomic E-state index is -3.64. The molecule has 0 saturated heterocycles. The van der Waals surface area contributed by atoms with Crippen LogP contribution in [0.15, 0.2) is 36.5 Å². The molecule has 0 spiro atoms. The number of benzene rings is 1. The summed E-state index contributed by atoms with van der Waals surface area (Å²) in [6, 6.07) is 9.16. The van der Waals surface area contributed by atoms with E-state index in [9.17, 15) is 8.42 Å². The van der Waals surface area contributed by atoms with E-state index in [1.54, 1.807) is 6.07 Å². The van der Waals surface area contributed by atoms with Crippen LogP contribution in [0.25, 0.3) is 10.9 Å². The number of para-hydroxylation sites is 1. The molecule has 0 aliphatic carbocycles. The Labute approximate surface area is 116 Å². The van der Waals surface area contributed by atoms with Crippen LogP contribution in [0.3, 0.4) is 0 Å². The molecule has 100 valence electrons. The molecule has 1 aromatic heterocycles. The molecule has 7 heteroatoms. The highest BCUT2D eigenvalue weighted by atomic mass is 32.2. The monoisotopic (exact) mass is 295 g/mol. The molecule has 2 rings (SSSR count). The zero-order valence-corrected chi connectivity index (χ0v) is 11.8. The van der Waals surface area contributed by atoms with Crippen molar-refractivity contribution in [3.63, 3.8) is 0 Å². The average Bonchev–Trinajstić information content (AvgIpc) is 2.37. The van der Waals surface area contributed by atoms with E-state index in [1.165, 1.54) is 13.1 Å². The molecule has 1 atom stereocenters. The highest BCUT2D eigenvalue weighted by Gasteiger charge is 2.23. The summed E-state index contributed by atoms with van der Waals surface area (Å²) in [5.74, 6) is 0. The van der Waals surface area contributed by atoms with Gasteiger partial charge in [-0.25, -0.2) is 8.42 Å². The molecule has 1 heterocycles. The molecular weight excluding hydrogens is 282 g/mol. The first-order valence-corrected chi connectivity index (χ1v) is 7.51. The van der Waals surface area contributed by atoms with Crippen molar-refractivity contribution in [1.82, 2.24) is 4.98 Å². The third-order valence-electron chi connectivity index (χ3n) is 2.72. The van der Waals surface area contributed by atoms with Gasteiger partial charge in [0, 0.05) is 5.39 Å². The Bertz CT molecular complexity index is 729. The molecule has 2 aromatic rings. The predicted molar refractivity (Wildman–Crippen MR) is 80.5 cm³/mol. The lowest BCUT2D eigenvalue weighted by molar-refractivity contribution is 0.598. The first-order chi connectivity index (χ1) is 8.90. The van der Waals surface area contributed by atoms with Crippen molar-refractivity contribution in [2.45, 2.75) is 12.2 Å². The van der Waals surface area contributed by atoms with Crippen LogP contribution in [-0.2, 0) is 10.0 Å². The maximum Gasteiger partial charge on any atom is 0.241 e. The molecule has 0 saturated carbocycles. The lowest BCUT2D eigenvalue weighted by Gasteiger charge is -2.13. The number of hydrogen-bond acceptors (Lipinski definition) is 4. The average molecular weight is 295 g/mol. The molecule has 0 aliphatic heterocycles. The van der Waals surface area contributed by atoms with Crippen molar-refractivity contribution in [3.05, 3.63) is 36.5 Å². The molecule has 1 unspecified atom stereocenters. The van der Waals surface area contributed by atoms with E-state index < -0.39 is 15.3 Å². The largest absolute Gasteiger partial charge is 0.392 e. The highest BCUT2D eigenvalue weighted by Crippen LogP contribution is 2.18. The van der Waals surface area contributed by atoms with Gasteiger partial charge in [0.2, 0.25) is 10.0 Å². The Kier molecular flexibility index (Phi) is 3.68. The number of pyridine rings is 1. The number of thiocarbonyl (C=S) groups is 1. The summed E-state index contributed by atoms with van der Waals surface area (Å²) in [7, 11) is -3.64. The van der Waals surface area contributed by atoms with Gasteiger partial charge in [0.25, 0.3) is 0 Å². The lowest BCUT2D eigenvalue weighted by Crippen LogP contribution is -2.35. The second kappa shape index (κ2) is 5.10. The van der Waals surface area contributed by atoms with Crippen molar-refractivity contribution in [2.24, 2.45) is 5.73 Å². The zero-order chi connectivity index (χ0) is 14.0. The topological polar surface area (TPSA) is 85.1 Å². The molecule has 5 nitrogen and oxygen atoms in total. The standard InChI is InChI=1S/C12H13N3O2S2/c1-8(12(13)18)19(16,17)15-10-6-9-4-2-3-5-11(9)14-7-10/h2-8,15H,1H3,(H2,13,18). The maximum atomic E-state index is 12.0. The third-order valence-corrected chi connectivity index (χ3v) is 4.92. The molecule has 0 fully saturated rings. The van der Waals surface area contributed by atoms with E-state index in [2.05, 4.69) is 9.71 Å². The summed E-state index contributed by atoms with van der Waals surface area (Å²) >= 11 is 4.70. The van der Waals surface area contributed by atoms with Gasteiger partial charge in [-0.3, -0.25) is 9.71 Å². The second-order valence-corrected chi connectivity index (χ2v) is 6.58. The van der Waals surface area contributed by atoms with Crippen molar-refractivity contribution in [3.8, 4) is 0 Å². The van der Waals surface area contributed by atoms with Crippen molar-refractivity contribution in [2.75, 3.05) is 4.72 Å². The van der Waals surface area contributed by atoms with Crippen LogP contribution < -0.4 is 10.5 Å². The number of rotatable bonds is 4. The zero-order valence-electron chi connectivity index (χ0n) is 10.2. The summed E-state index contributed by atoms with van der Waals surface area (Å²) in [6.07, 6.45) is 1.46. The van der Waals surface area contributed by atoms with E-state index >= 15 is 0 Å². The number of nitrogens with zero attached hydrogens (tertiary/aromatic N) is 1. The minimum absolute atomic E-state index is 0.0683. The molecule has 0 amide bonds. The van der Waals surface area contributed by atoms with E-state index in [4.69, 9.17) is 18.0 Å². The second-order valence-electron chi connectivity index (χ2n) is 4.11. The van der Waals surface area contributed by atoms with Gasteiger partial charge in [0.15, 0.2) is 0 Å². The van der Waals surface area contributed by atoms with Gasteiger partial charge in [-0.05, 0) is 19.1 Å². The maximum absolute atomic E-state index is 12.0. The lowest BCUT2D eigenvalue weighted by atomic mass is 10.2.